The first-order valence-corrected chi connectivity index (χ1v) is 15.3. The summed E-state index contributed by atoms with van der Waals surface area (Å²) in [6, 6.07) is 25.8. The highest BCUT2D eigenvalue weighted by Gasteiger charge is 2.43. The fourth-order valence-corrected chi connectivity index (χ4v) is 6.48. The lowest BCUT2D eigenvalue weighted by molar-refractivity contribution is -0.142. The molecule has 0 atom stereocenters. The monoisotopic (exact) mass is 670 g/mol. The van der Waals surface area contributed by atoms with Crippen LogP contribution in [-0.2, 0) is 12.4 Å². The average molecular weight is 671 g/mol. The number of ether oxygens (including phenoxy) is 1. The van der Waals surface area contributed by atoms with E-state index >= 15 is 0 Å². The number of rotatable bonds is 5. The number of fused-ring (bicyclic) bond motifs is 3. The molecule has 248 valence electrons. The number of nitrogens with zero attached hydrogens (tertiary/aromatic N) is 4. The highest BCUT2D eigenvalue weighted by molar-refractivity contribution is 6.09. The van der Waals surface area contributed by atoms with E-state index in [1.165, 1.54) is 25.5 Å². The van der Waals surface area contributed by atoms with Crippen molar-refractivity contribution >= 4 is 21.8 Å². The lowest BCUT2D eigenvalue weighted by Crippen LogP contribution is -2.15. The fourth-order valence-electron chi connectivity index (χ4n) is 6.48. The van der Waals surface area contributed by atoms with Crippen LogP contribution in [0.25, 0.3) is 44.4 Å². The second kappa shape index (κ2) is 11.5. The third-order valence-corrected chi connectivity index (χ3v) is 8.51. The first kappa shape index (κ1) is 32.0. The Bertz CT molecular complexity index is 2370. The van der Waals surface area contributed by atoms with E-state index in [0.717, 1.165) is 45.3 Å². The predicted molar refractivity (Wildman–Crippen MR) is 177 cm³/mol. The number of aryl methyl sites for hydroxylation is 3. The van der Waals surface area contributed by atoms with Gasteiger partial charge < -0.3 is 4.74 Å². The normalized spacial score (nSPS) is 12.3. The van der Waals surface area contributed by atoms with Gasteiger partial charge in [0.2, 0.25) is 0 Å². The molecule has 0 saturated heterocycles. The smallest absolute Gasteiger partial charge is 0.417 e. The van der Waals surface area contributed by atoms with Crippen molar-refractivity contribution < 1.29 is 31.1 Å². The lowest BCUT2D eigenvalue weighted by atomic mass is 9.90. The summed E-state index contributed by atoms with van der Waals surface area (Å²) in [5.41, 5.74) is -0.604. The molecule has 0 spiro atoms. The summed E-state index contributed by atoms with van der Waals surface area (Å²) >= 11 is 0. The van der Waals surface area contributed by atoms with E-state index in [1.54, 1.807) is 30.5 Å². The van der Waals surface area contributed by atoms with Gasteiger partial charge in [0.1, 0.15) is 17.3 Å². The molecule has 5 nitrogen and oxygen atoms in total. The van der Waals surface area contributed by atoms with Gasteiger partial charge in [0, 0.05) is 45.9 Å². The van der Waals surface area contributed by atoms with Crippen molar-refractivity contribution in [3.05, 3.63) is 131 Å². The Balaban J connectivity index is 1.31. The summed E-state index contributed by atoms with van der Waals surface area (Å²) < 4.78 is 95.0. The quantitative estimate of drug-likeness (QED) is 0.171. The third-order valence-electron chi connectivity index (χ3n) is 8.51. The van der Waals surface area contributed by atoms with Gasteiger partial charge in [-0.25, -0.2) is 9.67 Å². The summed E-state index contributed by atoms with van der Waals surface area (Å²) in [5.74, 6) is 1.66. The molecule has 7 rings (SSSR count). The van der Waals surface area contributed by atoms with Gasteiger partial charge in [0.25, 0.3) is 0 Å². The lowest BCUT2D eigenvalue weighted by Gasteiger charge is -2.20. The second-order valence-electron chi connectivity index (χ2n) is 12.0. The van der Waals surface area contributed by atoms with Gasteiger partial charge in [-0.05, 0) is 93.4 Å². The van der Waals surface area contributed by atoms with Crippen LogP contribution in [0.1, 0.15) is 33.6 Å². The maximum atomic E-state index is 14.2. The van der Waals surface area contributed by atoms with Crippen molar-refractivity contribution in [3.63, 3.8) is 0 Å². The Morgan fingerprint density at radius 1 is 0.612 bits per heavy atom. The minimum absolute atomic E-state index is 0.0201. The molecule has 0 radical (unpaired) electrons. The molecular formula is C38H28F6N4O. The van der Waals surface area contributed by atoms with E-state index in [2.05, 4.69) is 14.6 Å². The average Bonchev–Trinajstić information content (AvgIpc) is 3.52. The standard InChI is InChI=1S/C38H28F6N4O/c1-21-14-15-45-34(18-21)47-32-11-6-5-10-28(32)29-13-12-27(20-33(29)47)49-26-9-7-8-25(19-26)48-24(4)35(23(3)46-48)36-30(37(39,40)41)16-22(2)17-31(36)38(42,43)44/h5-20H,1-4H3. The van der Waals surface area contributed by atoms with Crippen molar-refractivity contribution in [2.24, 2.45) is 0 Å². The molecule has 0 aliphatic rings. The van der Waals surface area contributed by atoms with Crippen LogP contribution in [0.15, 0.2) is 97.2 Å². The SMILES string of the molecule is Cc1ccnc(-n2c3ccccc3c3ccc(Oc4cccc(-n5nc(C)c(-c6c(C(F)(F)F)cc(C)cc6C(F)(F)F)c5C)c4)cc32)c1. The maximum Gasteiger partial charge on any atom is 0.417 e. The van der Waals surface area contributed by atoms with Crippen molar-refractivity contribution in [2.75, 3.05) is 0 Å². The zero-order valence-corrected chi connectivity index (χ0v) is 26.7. The van der Waals surface area contributed by atoms with Crippen LogP contribution in [-0.4, -0.2) is 19.3 Å². The maximum absolute atomic E-state index is 14.2. The van der Waals surface area contributed by atoms with Crippen LogP contribution in [0.2, 0.25) is 0 Å². The van der Waals surface area contributed by atoms with E-state index in [1.807, 2.05) is 61.5 Å². The fraction of sp³-hybridized carbons (Fsp3) is 0.158. The van der Waals surface area contributed by atoms with Crippen LogP contribution in [0.4, 0.5) is 26.3 Å². The highest BCUT2D eigenvalue weighted by Crippen LogP contribution is 2.47. The molecule has 3 aromatic heterocycles. The highest BCUT2D eigenvalue weighted by atomic mass is 19.4. The van der Waals surface area contributed by atoms with Crippen molar-refractivity contribution in [2.45, 2.75) is 40.0 Å². The molecule has 0 bridgehead atoms. The third kappa shape index (κ3) is 5.68. The number of para-hydroxylation sites is 1. The molecule has 4 aromatic carbocycles. The number of benzene rings is 4. The Morgan fingerprint density at radius 2 is 1.29 bits per heavy atom. The first-order chi connectivity index (χ1) is 23.2. The van der Waals surface area contributed by atoms with Gasteiger partial charge in [-0.1, -0.05) is 24.3 Å². The molecule has 0 aliphatic heterocycles. The van der Waals surface area contributed by atoms with Gasteiger partial charge in [-0.3, -0.25) is 4.57 Å². The van der Waals surface area contributed by atoms with Gasteiger partial charge in [0.05, 0.1) is 33.5 Å². The number of hydrogen-bond donors (Lipinski definition) is 0. The number of alkyl halides is 6. The van der Waals surface area contributed by atoms with Crippen molar-refractivity contribution in [3.8, 4) is 34.1 Å². The van der Waals surface area contributed by atoms with Gasteiger partial charge in [-0.2, -0.15) is 31.4 Å². The molecular weight excluding hydrogens is 642 g/mol. The zero-order chi connectivity index (χ0) is 34.8. The topological polar surface area (TPSA) is 44.9 Å². The van der Waals surface area contributed by atoms with Gasteiger partial charge >= 0.3 is 12.4 Å². The molecule has 7 aromatic rings. The number of hydrogen-bond acceptors (Lipinski definition) is 3. The molecule has 0 fully saturated rings. The Kier molecular flexibility index (Phi) is 7.53. The van der Waals surface area contributed by atoms with E-state index in [-0.39, 0.29) is 22.5 Å². The van der Waals surface area contributed by atoms with Gasteiger partial charge in [-0.15, -0.1) is 0 Å². The van der Waals surface area contributed by atoms with E-state index < -0.39 is 29.0 Å². The van der Waals surface area contributed by atoms with Crippen LogP contribution >= 0.6 is 0 Å². The summed E-state index contributed by atoms with van der Waals surface area (Å²) in [7, 11) is 0. The molecule has 0 amide bonds. The van der Waals surface area contributed by atoms with E-state index in [0.29, 0.717) is 17.2 Å². The molecule has 0 saturated carbocycles. The summed E-state index contributed by atoms with van der Waals surface area (Å²) in [5, 5.41) is 6.46. The predicted octanol–water partition coefficient (Wildman–Crippen LogP) is 11.1. The summed E-state index contributed by atoms with van der Waals surface area (Å²) in [4.78, 5) is 4.61. The van der Waals surface area contributed by atoms with Crippen LogP contribution in [0, 0.1) is 27.7 Å². The molecule has 3 heterocycles. The summed E-state index contributed by atoms with van der Waals surface area (Å²) in [6.45, 7) is 6.06. The Hall–Kier alpha value is -5.58. The van der Waals surface area contributed by atoms with E-state index in [9.17, 15) is 26.3 Å². The van der Waals surface area contributed by atoms with Crippen molar-refractivity contribution in [1.29, 1.82) is 0 Å². The Labute approximate surface area is 277 Å². The minimum Gasteiger partial charge on any atom is -0.457 e. The molecule has 0 aliphatic carbocycles. The molecule has 11 heteroatoms. The first-order valence-electron chi connectivity index (χ1n) is 15.3. The molecule has 0 unspecified atom stereocenters. The zero-order valence-electron chi connectivity index (χ0n) is 26.7. The number of pyridine rings is 1. The second-order valence-corrected chi connectivity index (χ2v) is 12.0. The molecule has 49 heavy (non-hydrogen) atoms. The number of halogens is 6. The van der Waals surface area contributed by atoms with Crippen LogP contribution in [0.3, 0.4) is 0 Å². The minimum atomic E-state index is -5.03. The molecule has 0 N–H and O–H groups in total. The van der Waals surface area contributed by atoms with E-state index in [4.69, 9.17) is 4.74 Å². The summed E-state index contributed by atoms with van der Waals surface area (Å²) in [6.07, 6.45) is -8.30. The van der Waals surface area contributed by atoms with Crippen LogP contribution < -0.4 is 4.74 Å². The van der Waals surface area contributed by atoms with Crippen LogP contribution in [0.5, 0.6) is 11.5 Å². The van der Waals surface area contributed by atoms with Gasteiger partial charge in [0.15, 0.2) is 0 Å². The largest absolute Gasteiger partial charge is 0.457 e. The number of aromatic nitrogens is 4. The Morgan fingerprint density at radius 3 is 1.98 bits per heavy atom. The van der Waals surface area contributed by atoms with Crippen molar-refractivity contribution in [1.82, 2.24) is 19.3 Å².